The van der Waals surface area contributed by atoms with Crippen LogP contribution in [0.4, 0.5) is 0 Å². The van der Waals surface area contributed by atoms with Crippen LogP contribution in [-0.2, 0) is 17.6 Å². The molecule has 1 N–H and O–H groups in total. The van der Waals surface area contributed by atoms with Gasteiger partial charge in [0, 0.05) is 30.7 Å². The van der Waals surface area contributed by atoms with Crippen LogP contribution in [0.3, 0.4) is 0 Å². The van der Waals surface area contributed by atoms with E-state index in [1.54, 1.807) is 6.07 Å². The molecule has 1 saturated heterocycles. The molecule has 0 unspecified atom stereocenters. The van der Waals surface area contributed by atoms with Gasteiger partial charge in [-0.3, -0.25) is 9.59 Å². The number of piperidine rings is 1. The quantitative estimate of drug-likeness (QED) is 0.685. The Hall–Kier alpha value is -1.68. The van der Waals surface area contributed by atoms with E-state index in [9.17, 15) is 9.59 Å². The largest absolute Gasteiger partial charge is 0.346 e. The highest BCUT2D eigenvalue weighted by molar-refractivity contribution is 6.42. The number of aryl methyl sites for hydroxylation is 2. The van der Waals surface area contributed by atoms with E-state index in [0.717, 1.165) is 45.2 Å². The van der Waals surface area contributed by atoms with Gasteiger partial charge < -0.3 is 10.2 Å². The lowest BCUT2D eigenvalue weighted by molar-refractivity contribution is -0.118. The predicted octanol–water partition coefficient (Wildman–Crippen LogP) is 2.35. The topological polar surface area (TPSA) is 49.4 Å². The summed E-state index contributed by atoms with van der Waals surface area (Å²) in [6.07, 6.45) is 5.09. The summed E-state index contributed by atoms with van der Waals surface area (Å²) in [6, 6.07) is 6.37. The molecule has 3 rings (SSSR count). The van der Waals surface area contributed by atoms with Crippen LogP contribution in [0, 0.1) is 0 Å². The second kappa shape index (κ2) is 6.83. The molecular weight excluding hydrogens is 288 g/mol. The Morgan fingerprint density at radius 2 is 1.83 bits per heavy atom. The summed E-state index contributed by atoms with van der Waals surface area (Å²) in [4.78, 5) is 27.0. The number of rotatable bonds is 4. The fourth-order valence-corrected chi connectivity index (χ4v) is 3.66. The van der Waals surface area contributed by atoms with Gasteiger partial charge in [-0.1, -0.05) is 12.1 Å². The molecule has 0 aromatic heterocycles. The van der Waals surface area contributed by atoms with Gasteiger partial charge in [0.05, 0.1) is 0 Å². The maximum atomic E-state index is 12.4. The van der Waals surface area contributed by atoms with Crippen LogP contribution in [0.15, 0.2) is 18.2 Å². The molecule has 1 aliphatic heterocycles. The molecule has 0 radical (unpaired) electrons. The third-order valence-corrected chi connectivity index (χ3v) is 5.16. The van der Waals surface area contributed by atoms with Gasteiger partial charge >= 0.3 is 0 Å². The zero-order valence-electron chi connectivity index (χ0n) is 14.1. The average Bonchev–Trinajstić information content (AvgIpc) is 3.02. The number of hydrogen-bond acceptors (Lipinski definition) is 3. The predicted molar refractivity (Wildman–Crippen MR) is 90.7 cm³/mol. The van der Waals surface area contributed by atoms with Crippen LogP contribution in [0.25, 0.3) is 0 Å². The Kier molecular flexibility index (Phi) is 4.81. The number of nitrogens with one attached hydrogen (secondary N) is 1. The summed E-state index contributed by atoms with van der Waals surface area (Å²) in [5.74, 6) is -0.850. The zero-order chi connectivity index (χ0) is 16.4. The molecule has 1 heterocycles. The Balaban J connectivity index is 1.57. The number of hydrogen-bond donors (Lipinski definition) is 1. The summed E-state index contributed by atoms with van der Waals surface area (Å²) >= 11 is 0. The molecule has 4 nitrogen and oxygen atoms in total. The van der Waals surface area contributed by atoms with Crippen molar-refractivity contribution in [2.24, 2.45) is 0 Å². The number of benzene rings is 1. The van der Waals surface area contributed by atoms with Crippen LogP contribution >= 0.6 is 0 Å². The monoisotopic (exact) mass is 314 g/mol. The maximum Gasteiger partial charge on any atom is 0.292 e. The summed E-state index contributed by atoms with van der Waals surface area (Å²) in [7, 11) is 0. The highest BCUT2D eigenvalue weighted by Gasteiger charge is 2.25. The normalized spacial score (nSPS) is 18.9. The van der Waals surface area contributed by atoms with Gasteiger partial charge in [0.2, 0.25) is 5.78 Å². The highest BCUT2D eigenvalue weighted by atomic mass is 16.2. The second-order valence-corrected chi connectivity index (χ2v) is 7.04. The van der Waals surface area contributed by atoms with Crippen molar-refractivity contribution >= 4 is 11.7 Å². The molecule has 1 fully saturated rings. The van der Waals surface area contributed by atoms with Crippen molar-refractivity contribution in [2.45, 2.75) is 58.0 Å². The van der Waals surface area contributed by atoms with Crippen molar-refractivity contribution in [1.82, 2.24) is 10.2 Å². The highest BCUT2D eigenvalue weighted by Crippen LogP contribution is 2.23. The van der Waals surface area contributed by atoms with E-state index in [0.29, 0.717) is 11.6 Å². The van der Waals surface area contributed by atoms with Gasteiger partial charge in [-0.15, -0.1) is 0 Å². The van der Waals surface area contributed by atoms with Crippen molar-refractivity contribution in [2.75, 3.05) is 13.1 Å². The van der Waals surface area contributed by atoms with E-state index in [2.05, 4.69) is 24.1 Å². The first-order valence-electron chi connectivity index (χ1n) is 8.75. The van der Waals surface area contributed by atoms with E-state index < -0.39 is 11.7 Å². The number of ketones is 1. The van der Waals surface area contributed by atoms with E-state index in [-0.39, 0.29) is 6.04 Å². The van der Waals surface area contributed by atoms with Gasteiger partial charge in [0.1, 0.15) is 0 Å². The molecule has 0 saturated carbocycles. The van der Waals surface area contributed by atoms with Crippen LogP contribution < -0.4 is 5.32 Å². The van der Waals surface area contributed by atoms with Crippen LogP contribution in [0.5, 0.6) is 0 Å². The van der Waals surface area contributed by atoms with Crippen molar-refractivity contribution in [3.05, 3.63) is 34.9 Å². The molecule has 0 spiro atoms. The first kappa shape index (κ1) is 16.2. The zero-order valence-corrected chi connectivity index (χ0v) is 14.1. The smallest absolute Gasteiger partial charge is 0.292 e. The summed E-state index contributed by atoms with van der Waals surface area (Å²) in [5.41, 5.74) is 3.08. The minimum atomic E-state index is -0.453. The molecule has 1 aromatic rings. The lowest BCUT2D eigenvalue weighted by Crippen LogP contribution is -2.48. The summed E-state index contributed by atoms with van der Waals surface area (Å²) in [5, 5.41) is 2.93. The average molecular weight is 314 g/mol. The lowest BCUT2D eigenvalue weighted by Gasteiger charge is -2.34. The van der Waals surface area contributed by atoms with Crippen molar-refractivity contribution < 1.29 is 9.59 Å². The van der Waals surface area contributed by atoms with E-state index in [1.807, 2.05) is 12.1 Å². The minimum Gasteiger partial charge on any atom is -0.346 e. The fourth-order valence-electron chi connectivity index (χ4n) is 3.66. The summed E-state index contributed by atoms with van der Waals surface area (Å²) in [6.45, 7) is 6.35. The number of carbonyl (C=O) groups excluding carboxylic acids is 2. The number of nitrogens with zero attached hydrogens (tertiary/aromatic N) is 1. The van der Waals surface area contributed by atoms with Gasteiger partial charge in [-0.25, -0.2) is 0 Å². The molecule has 4 heteroatoms. The Bertz CT molecular complexity index is 601. The van der Waals surface area contributed by atoms with E-state index in [4.69, 9.17) is 0 Å². The number of carbonyl (C=O) groups is 2. The van der Waals surface area contributed by atoms with Crippen molar-refractivity contribution in [1.29, 1.82) is 0 Å². The number of fused-ring (bicyclic) bond motifs is 1. The van der Waals surface area contributed by atoms with Crippen LogP contribution in [0.1, 0.15) is 54.6 Å². The second-order valence-electron chi connectivity index (χ2n) is 7.04. The van der Waals surface area contributed by atoms with Crippen LogP contribution in [-0.4, -0.2) is 41.8 Å². The SMILES string of the molecule is CC(C)N1CCC(NC(=O)C(=O)c2ccc3c(c2)CCC3)CC1. The maximum absolute atomic E-state index is 12.4. The summed E-state index contributed by atoms with van der Waals surface area (Å²) < 4.78 is 0. The van der Waals surface area contributed by atoms with E-state index in [1.165, 1.54) is 11.1 Å². The minimum absolute atomic E-state index is 0.121. The first-order chi connectivity index (χ1) is 11.0. The van der Waals surface area contributed by atoms with Gasteiger partial charge in [0.15, 0.2) is 0 Å². The van der Waals surface area contributed by atoms with Gasteiger partial charge in [-0.05, 0) is 63.1 Å². The molecule has 1 aromatic carbocycles. The fraction of sp³-hybridized carbons (Fsp3) is 0.579. The molecule has 23 heavy (non-hydrogen) atoms. The first-order valence-corrected chi connectivity index (χ1v) is 8.75. The molecule has 0 atom stereocenters. The molecule has 1 aliphatic carbocycles. The third-order valence-electron chi connectivity index (χ3n) is 5.16. The third kappa shape index (κ3) is 3.63. The Morgan fingerprint density at radius 1 is 1.13 bits per heavy atom. The molecular formula is C19H26N2O2. The van der Waals surface area contributed by atoms with Crippen molar-refractivity contribution in [3.63, 3.8) is 0 Å². The molecule has 1 amide bonds. The Morgan fingerprint density at radius 3 is 2.52 bits per heavy atom. The van der Waals surface area contributed by atoms with Gasteiger partial charge in [0.25, 0.3) is 5.91 Å². The number of likely N-dealkylation sites (tertiary alicyclic amines) is 1. The van der Waals surface area contributed by atoms with E-state index >= 15 is 0 Å². The Labute approximate surface area is 138 Å². The number of Topliss-reactive ketones (excluding diaryl/α,β-unsaturated/α-hetero) is 1. The van der Waals surface area contributed by atoms with Crippen molar-refractivity contribution in [3.8, 4) is 0 Å². The molecule has 0 bridgehead atoms. The standard InChI is InChI=1S/C19H26N2O2/c1-13(2)21-10-8-17(9-11-21)20-19(23)18(22)16-7-6-14-4-3-5-15(14)12-16/h6-7,12-13,17H,3-5,8-11H2,1-2H3,(H,20,23). The molecule has 2 aliphatic rings. The lowest BCUT2D eigenvalue weighted by atomic mass is 10.0. The van der Waals surface area contributed by atoms with Crippen LogP contribution in [0.2, 0.25) is 0 Å². The number of amides is 1. The molecule has 124 valence electrons. The van der Waals surface area contributed by atoms with Gasteiger partial charge in [-0.2, -0.15) is 0 Å².